The second-order valence-electron chi connectivity index (χ2n) is 50.2. The van der Waals surface area contributed by atoms with E-state index in [-0.39, 0.29) is 109 Å². The minimum atomic E-state index is -0.543. The summed E-state index contributed by atoms with van der Waals surface area (Å²) in [6.45, 7) is 69.7. The molecular weight excluding hydrogens is 1690 g/mol. The van der Waals surface area contributed by atoms with Crippen molar-refractivity contribution >= 4 is 53.5 Å². The molecule has 0 aromatic carbocycles. The topological polar surface area (TPSA) is 242 Å². The molecule has 9 rings (SSSR count). The number of likely N-dealkylation sites (tertiary alicyclic amines) is 6. The number of anilines is 9. The van der Waals surface area contributed by atoms with Crippen LogP contribution in [0.2, 0.25) is 0 Å². The predicted octanol–water partition coefficient (Wildman–Crippen LogP) is 16.0. The highest BCUT2D eigenvalue weighted by Gasteiger charge is 2.53. The zero-order chi connectivity index (χ0) is 101. The molecule has 0 radical (unpaired) electrons. The van der Waals surface area contributed by atoms with E-state index in [1.165, 1.54) is 0 Å². The van der Waals surface area contributed by atoms with Crippen molar-refractivity contribution in [3.8, 4) is 0 Å². The maximum absolute atomic E-state index is 11.4. The van der Waals surface area contributed by atoms with E-state index in [9.17, 15) is 10.2 Å². The third-order valence-corrected chi connectivity index (χ3v) is 34.3. The van der Waals surface area contributed by atoms with Gasteiger partial charge >= 0.3 is 0 Å². The number of aromatic nitrogens is 9. The highest BCUT2D eigenvalue weighted by molar-refractivity contribution is 5.52. The molecule has 6 aliphatic heterocycles. The Balaban J connectivity index is 1.18. The van der Waals surface area contributed by atoms with Crippen molar-refractivity contribution in [2.45, 2.75) is 443 Å². The Labute approximate surface area is 822 Å². The molecular formula is C105H200N24O6. The van der Waals surface area contributed by atoms with E-state index >= 15 is 0 Å². The standard InChI is InChI=1S/C105H200N24O6/c1-76(130)49-57-128(83-71-102(19,20)122(34)103(21,22)72-83)92-110-87(111-93(114-92)129(58-50-77(2)131)84-73-104(23,24)123(35)105(25,26)74-84)117(29)75-78(48-42-52-116(28)86-108-90(126(55-45-61-134-38)81-67-98(11,12)120(32)99(13,14)68-81)113-91(109-86)127(56-46-62-135-39)82-69-100(15,16)121(33)101(17,18)70-82)47-40-41-51-115(27)85-106-88(124(53-43-59-132-36)79-63-94(3,4)118(30)95(5,6)64-79)112-89(107-85)125(54-44-60-133-37)80-65-96(7,8)119(31)97(9,10)66-80/h76-84,130-131H,40-75H2,1-39H3. The largest absolute Gasteiger partial charge is 0.393 e. The van der Waals surface area contributed by atoms with E-state index in [1.54, 1.807) is 0 Å². The normalized spacial score (nSPS) is 23.0. The average Bonchev–Trinajstić information content (AvgIpc) is 0.754. The molecule has 3 aromatic rings. The fourth-order valence-corrected chi connectivity index (χ4v) is 24.8. The lowest BCUT2D eigenvalue weighted by Crippen LogP contribution is -2.63. The van der Waals surface area contributed by atoms with Crippen LogP contribution in [-0.2, 0) is 18.9 Å². The summed E-state index contributed by atoms with van der Waals surface area (Å²) < 4.78 is 23.4. The van der Waals surface area contributed by atoms with Gasteiger partial charge in [0.15, 0.2) is 0 Å². The van der Waals surface area contributed by atoms with Gasteiger partial charge in [-0.2, -0.15) is 44.9 Å². The first-order valence-corrected chi connectivity index (χ1v) is 52.3. The molecule has 2 N–H and O–H groups in total. The lowest BCUT2D eigenvalue weighted by Gasteiger charge is -2.56. The van der Waals surface area contributed by atoms with Crippen LogP contribution in [0, 0.1) is 5.92 Å². The summed E-state index contributed by atoms with van der Waals surface area (Å²) in [6, 6.07) is 0.720. The minimum Gasteiger partial charge on any atom is -0.393 e. The van der Waals surface area contributed by atoms with Crippen LogP contribution in [-0.4, -0.2) is 377 Å². The van der Waals surface area contributed by atoms with Crippen LogP contribution >= 0.6 is 0 Å². The number of piperidine rings is 6. The number of methoxy groups -OCH3 is 4. The molecule has 6 aliphatic rings. The summed E-state index contributed by atoms with van der Waals surface area (Å²) in [5.74, 6) is 6.32. The summed E-state index contributed by atoms with van der Waals surface area (Å²) in [4.78, 5) is 89.0. The van der Waals surface area contributed by atoms with Gasteiger partial charge in [-0.05, 0) is 369 Å². The first-order valence-electron chi connectivity index (χ1n) is 52.3. The van der Waals surface area contributed by atoms with Crippen molar-refractivity contribution in [2.24, 2.45) is 5.92 Å². The molecule has 0 aliphatic carbocycles. The highest BCUT2D eigenvalue weighted by atomic mass is 16.5. The number of nitrogens with zero attached hydrogens (tertiary/aromatic N) is 24. The smallest absolute Gasteiger partial charge is 0.232 e. The molecule has 135 heavy (non-hydrogen) atoms. The van der Waals surface area contributed by atoms with E-state index < -0.39 is 12.2 Å². The van der Waals surface area contributed by atoms with Crippen molar-refractivity contribution in [3.05, 3.63) is 0 Å². The number of unbranched alkanes of at least 4 members (excludes halogenated alkanes) is 1. The number of hydrogen-bond donors (Lipinski definition) is 2. The van der Waals surface area contributed by atoms with Crippen LogP contribution in [0.4, 0.5) is 53.5 Å². The molecule has 0 spiro atoms. The summed E-state index contributed by atoms with van der Waals surface area (Å²) in [5.41, 5.74) is -1.36. The van der Waals surface area contributed by atoms with Gasteiger partial charge in [-0.1, -0.05) is 6.42 Å². The maximum Gasteiger partial charge on any atom is 0.232 e. The summed E-state index contributed by atoms with van der Waals surface area (Å²) in [7, 11) is 27.6. The Bertz CT molecular complexity index is 3820. The van der Waals surface area contributed by atoms with E-state index in [2.05, 4.69) is 303 Å². The Hall–Kier alpha value is -5.25. The lowest BCUT2D eigenvalue weighted by atomic mass is 9.77. The SMILES string of the molecule is COCCCN(c1nc(N(C)CCCCC(CCCN(C)c2nc(N(CCCOC)C3CC(C)(C)N(C)C(C)(C)C3)nc(N(CCCOC)C3CC(C)(C)N(C)C(C)(C)C3)n2)CN(C)c2nc(N(CCC(C)O)C3CC(C)(C)N(C)C(C)(C)C3)nc(N(CCC(C)O)C3CC(C)(C)N(C)C(C)(C)C3)n2)nc(N(CCCOC)C2CC(C)(C)N(C)C(C)(C)C2)n1)C1CC(C)(C)N(C)C(C)(C)C1. The third kappa shape index (κ3) is 28.4. The molecule has 3 aromatic heterocycles. The van der Waals surface area contributed by atoms with Gasteiger partial charge in [0.05, 0.1) is 12.2 Å². The van der Waals surface area contributed by atoms with Gasteiger partial charge in [-0.3, -0.25) is 29.4 Å². The molecule has 3 atom stereocenters. The average molecular weight is 1890 g/mol. The van der Waals surface area contributed by atoms with Crippen molar-refractivity contribution in [1.29, 1.82) is 0 Å². The Kier molecular flexibility index (Phi) is 38.3. The fraction of sp³-hybridized carbons (Fsp3) is 0.914. The van der Waals surface area contributed by atoms with Gasteiger partial charge in [0.1, 0.15) is 0 Å². The zero-order valence-electron chi connectivity index (χ0n) is 93.4. The van der Waals surface area contributed by atoms with E-state index in [0.717, 1.165) is 191 Å². The molecule has 6 fully saturated rings. The van der Waals surface area contributed by atoms with E-state index in [1.807, 2.05) is 42.3 Å². The molecule has 3 unspecified atom stereocenters. The van der Waals surface area contributed by atoms with Crippen molar-refractivity contribution < 1.29 is 29.2 Å². The number of hydrogen-bond acceptors (Lipinski definition) is 30. The van der Waals surface area contributed by atoms with Gasteiger partial charge in [0.2, 0.25) is 53.5 Å². The van der Waals surface area contributed by atoms with Crippen LogP contribution in [0.5, 0.6) is 0 Å². The molecule has 30 heteroatoms. The maximum atomic E-state index is 11.4. The predicted molar refractivity (Wildman–Crippen MR) is 562 cm³/mol. The fourth-order valence-electron chi connectivity index (χ4n) is 24.8. The number of aliphatic hydroxyl groups excluding tert-OH is 2. The third-order valence-electron chi connectivity index (χ3n) is 34.3. The van der Waals surface area contributed by atoms with Gasteiger partial charge < -0.3 is 73.3 Å². The van der Waals surface area contributed by atoms with Crippen molar-refractivity contribution in [1.82, 2.24) is 74.3 Å². The molecule has 776 valence electrons. The van der Waals surface area contributed by atoms with Crippen LogP contribution in [0.15, 0.2) is 0 Å². The van der Waals surface area contributed by atoms with Crippen LogP contribution in [0.25, 0.3) is 0 Å². The molecule has 30 nitrogen and oxygen atoms in total. The number of aliphatic hydroxyl groups is 2. The van der Waals surface area contributed by atoms with E-state index in [4.69, 9.17) is 63.8 Å². The molecule has 9 heterocycles. The number of ether oxygens (including phenoxy) is 4. The molecule has 0 saturated carbocycles. The molecule has 0 bridgehead atoms. The van der Waals surface area contributed by atoms with Gasteiger partial charge in [0, 0.05) is 238 Å². The van der Waals surface area contributed by atoms with Crippen LogP contribution in [0.3, 0.4) is 0 Å². The van der Waals surface area contributed by atoms with Crippen molar-refractivity contribution in [3.63, 3.8) is 0 Å². The van der Waals surface area contributed by atoms with Gasteiger partial charge in [-0.15, -0.1) is 0 Å². The Morgan fingerprint density at radius 2 is 0.430 bits per heavy atom. The first kappa shape index (κ1) is 113. The van der Waals surface area contributed by atoms with Crippen LogP contribution < -0.4 is 44.1 Å². The monoisotopic (exact) mass is 1890 g/mol. The lowest BCUT2D eigenvalue weighted by molar-refractivity contribution is -0.0138. The second-order valence-corrected chi connectivity index (χ2v) is 50.2. The summed E-state index contributed by atoms with van der Waals surface area (Å²) in [5, 5.41) is 22.7. The second kappa shape index (κ2) is 45.6. The van der Waals surface area contributed by atoms with Crippen molar-refractivity contribution in [2.75, 3.05) is 221 Å². The minimum absolute atomic E-state index is 0.0536. The number of rotatable bonds is 48. The zero-order valence-corrected chi connectivity index (χ0v) is 93.4. The Morgan fingerprint density at radius 1 is 0.252 bits per heavy atom. The van der Waals surface area contributed by atoms with Gasteiger partial charge in [-0.25, -0.2) is 0 Å². The Morgan fingerprint density at radius 3 is 0.630 bits per heavy atom. The highest BCUT2D eigenvalue weighted by Crippen LogP contribution is 2.49. The molecule has 0 amide bonds. The molecule has 6 saturated heterocycles. The van der Waals surface area contributed by atoms with E-state index in [0.29, 0.717) is 95.2 Å². The first-order chi connectivity index (χ1) is 62.5. The van der Waals surface area contributed by atoms with Gasteiger partial charge in [0.25, 0.3) is 0 Å². The van der Waals surface area contributed by atoms with Crippen LogP contribution in [0.1, 0.15) is 328 Å². The quantitative estimate of drug-likeness (QED) is 0.0499. The summed E-state index contributed by atoms with van der Waals surface area (Å²) in [6.07, 6.45) is 18.9. The summed E-state index contributed by atoms with van der Waals surface area (Å²) >= 11 is 0.